The first-order valence-corrected chi connectivity index (χ1v) is 10.2. The fourth-order valence-electron chi connectivity index (χ4n) is 3.52. The van der Waals surface area contributed by atoms with E-state index in [1.165, 1.54) is 0 Å². The van der Waals surface area contributed by atoms with Gasteiger partial charge in [0.1, 0.15) is 11.9 Å². The van der Waals surface area contributed by atoms with Crippen molar-refractivity contribution in [2.24, 2.45) is 0 Å². The van der Waals surface area contributed by atoms with Crippen LogP contribution in [0, 0.1) is 5.41 Å². The molecular weight excluding hydrogens is 412 g/mol. The molecule has 1 fully saturated rings. The van der Waals surface area contributed by atoms with E-state index in [9.17, 15) is 14.4 Å². The molecule has 2 aromatic rings. The predicted octanol–water partition coefficient (Wildman–Crippen LogP) is 0.941. The Morgan fingerprint density at radius 1 is 1.19 bits per heavy atom. The summed E-state index contributed by atoms with van der Waals surface area (Å²) in [7, 11) is 0. The molecule has 32 heavy (non-hydrogen) atoms. The van der Waals surface area contributed by atoms with Crippen molar-refractivity contribution >= 4 is 23.7 Å². The number of aromatic nitrogens is 1. The van der Waals surface area contributed by atoms with Gasteiger partial charge in [-0.05, 0) is 42.5 Å². The molecule has 6 N–H and O–H groups in total. The first-order chi connectivity index (χ1) is 15.3. The number of benzene rings is 1. The summed E-state index contributed by atoms with van der Waals surface area (Å²) in [4.78, 5) is 39.6. The number of nitrogens with one attached hydrogen (secondary N) is 5. The van der Waals surface area contributed by atoms with Crippen molar-refractivity contribution in [3.63, 3.8) is 0 Å². The highest BCUT2D eigenvalue weighted by Gasteiger charge is 2.31. The lowest BCUT2D eigenvalue weighted by molar-refractivity contribution is -0.129. The van der Waals surface area contributed by atoms with Crippen LogP contribution in [0.5, 0.6) is 0 Å². The lowest BCUT2D eigenvalue weighted by atomic mass is 9.97. The molecule has 0 saturated carbocycles. The van der Waals surface area contributed by atoms with E-state index >= 15 is 0 Å². The van der Waals surface area contributed by atoms with Gasteiger partial charge in [0.15, 0.2) is 0 Å². The van der Waals surface area contributed by atoms with E-state index in [2.05, 4.69) is 20.9 Å². The summed E-state index contributed by atoms with van der Waals surface area (Å²) in [5.41, 5.74) is 2.33. The molecule has 0 spiro atoms. The highest BCUT2D eigenvalue weighted by atomic mass is 16.4. The number of hydrogen-bond acceptors (Lipinski definition) is 6. The van der Waals surface area contributed by atoms with Gasteiger partial charge in [0.25, 0.3) is 0 Å². The second-order valence-corrected chi connectivity index (χ2v) is 7.62. The van der Waals surface area contributed by atoms with Crippen LogP contribution in [-0.4, -0.2) is 52.5 Å². The molecule has 10 nitrogen and oxygen atoms in total. The molecule has 0 aliphatic carbocycles. The zero-order valence-corrected chi connectivity index (χ0v) is 17.6. The number of amidine groups is 1. The van der Waals surface area contributed by atoms with Gasteiger partial charge in [-0.3, -0.25) is 25.3 Å². The zero-order valence-electron chi connectivity index (χ0n) is 17.6. The quantitative estimate of drug-likeness (QED) is 0.279. The zero-order chi connectivity index (χ0) is 23.1. The van der Waals surface area contributed by atoms with Crippen LogP contribution in [0.2, 0.25) is 0 Å². The van der Waals surface area contributed by atoms with E-state index in [4.69, 9.17) is 10.5 Å². The van der Waals surface area contributed by atoms with Gasteiger partial charge < -0.3 is 21.1 Å². The standard InChI is InChI=1S/C22H26N6O4/c1-13(27-21(30)18-10-17(12-25-18)15-6-8-24-9-7-15)20(29)26-11-14-2-4-16(5-3-14)19(23)28-22(31)32/h2-9,13,17-18,25H,10-12H2,1H3,(H2,23,28)(H,26,29)(H,27,30)(H,31,32)/t13?,17-,18?/m1/s1. The number of amides is 3. The third-order valence-electron chi connectivity index (χ3n) is 5.32. The number of rotatable bonds is 7. The average molecular weight is 438 g/mol. The second-order valence-electron chi connectivity index (χ2n) is 7.62. The number of carbonyl (C=O) groups is 3. The Labute approximate surface area is 185 Å². The average Bonchev–Trinajstić information content (AvgIpc) is 3.28. The molecule has 3 rings (SSSR count). The van der Waals surface area contributed by atoms with Crippen molar-refractivity contribution < 1.29 is 19.5 Å². The summed E-state index contributed by atoms with van der Waals surface area (Å²) in [5, 5.41) is 27.0. The van der Waals surface area contributed by atoms with Crippen LogP contribution in [0.15, 0.2) is 48.8 Å². The Morgan fingerprint density at radius 2 is 1.88 bits per heavy atom. The maximum Gasteiger partial charge on any atom is 0.410 e. The van der Waals surface area contributed by atoms with Crippen LogP contribution in [0.1, 0.15) is 36.0 Å². The van der Waals surface area contributed by atoms with Crippen molar-refractivity contribution in [1.29, 1.82) is 5.41 Å². The Hall–Kier alpha value is -3.79. The molecule has 1 aliphatic rings. The maximum absolute atomic E-state index is 12.6. The van der Waals surface area contributed by atoms with Crippen LogP contribution < -0.4 is 21.3 Å². The third-order valence-corrected chi connectivity index (χ3v) is 5.32. The van der Waals surface area contributed by atoms with E-state index < -0.39 is 12.1 Å². The maximum atomic E-state index is 12.6. The number of carboxylic acid groups (broad SMARTS) is 1. The van der Waals surface area contributed by atoms with Gasteiger partial charge in [0.05, 0.1) is 6.04 Å². The SMILES string of the molecule is CC(NC(=O)C1C[C@@H](c2ccncc2)CN1)C(=O)NCc1ccc(C(=N)NC(=O)O)cc1. The van der Waals surface area contributed by atoms with Gasteiger partial charge in [-0.15, -0.1) is 0 Å². The van der Waals surface area contributed by atoms with Crippen molar-refractivity contribution in [2.45, 2.75) is 37.9 Å². The van der Waals surface area contributed by atoms with E-state index in [0.29, 0.717) is 18.5 Å². The highest BCUT2D eigenvalue weighted by Crippen LogP contribution is 2.25. The first-order valence-electron chi connectivity index (χ1n) is 10.2. The smallest absolute Gasteiger partial charge is 0.410 e. The largest absolute Gasteiger partial charge is 0.465 e. The second kappa shape index (κ2) is 10.5. The molecule has 10 heteroatoms. The monoisotopic (exact) mass is 438 g/mol. The summed E-state index contributed by atoms with van der Waals surface area (Å²) in [6, 6.07) is 9.41. The summed E-state index contributed by atoms with van der Waals surface area (Å²) in [5.74, 6) is -0.520. The molecule has 3 atom stereocenters. The summed E-state index contributed by atoms with van der Waals surface area (Å²) < 4.78 is 0. The van der Waals surface area contributed by atoms with E-state index in [1.54, 1.807) is 43.6 Å². The molecule has 2 unspecified atom stereocenters. The fraction of sp³-hybridized carbons (Fsp3) is 0.318. The third kappa shape index (κ3) is 6.11. The van der Waals surface area contributed by atoms with Gasteiger partial charge in [-0.2, -0.15) is 0 Å². The fourth-order valence-corrected chi connectivity index (χ4v) is 3.52. The molecule has 1 aromatic carbocycles. The minimum Gasteiger partial charge on any atom is -0.465 e. The number of carbonyl (C=O) groups excluding carboxylic acids is 2. The van der Waals surface area contributed by atoms with Gasteiger partial charge in [-0.1, -0.05) is 24.3 Å². The minimum atomic E-state index is -1.30. The first kappa shape index (κ1) is 22.9. The van der Waals surface area contributed by atoms with E-state index in [-0.39, 0.29) is 36.2 Å². The van der Waals surface area contributed by atoms with Gasteiger partial charge >= 0.3 is 6.09 Å². The van der Waals surface area contributed by atoms with E-state index in [0.717, 1.165) is 11.1 Å². The molecule has 0 radical (unpaired) electrons. The summed E-state index contributed by atoms with van der Waals surface area (Å²) >= 11 is 0. The number of nitrogens with zero attached hydrogens (tertiary/aromatic N) is 1. The summed E-state index contributed by atoms with van der Waals surface area (Å²) in [6.07, 6.45) is 2.82. The van der Waals surface area contributed by atoms with Crippen LogP contribution in [-0.2, 0) is 16.1 Å². The van der Waals surface area contributed by atoms with Crippen LogP contribution in [0.3, 0.4) is 0 Å². The molecule has 1 aliphatic heterocycles. The number of pyridine rings is 1. The topological polar surface area (TPSA) is 156 Å². The molecule has 1 saturated heterocycles. The molecule has 168 valence electrons. The van der Waals surface area contributed by atoms with Crippen molar-refractivity contribution in [3.05, 3.63) is 65.5 Å². The molecule has 3 amide bonds. The van der Waals surface area contributed by atoms with Gasteiger partial charge in [0, 0.05) is 31.0 Å². The highest BCUT2D eigenvalue weighted by molar-refractivity contribution is 6.04. The Morgan fingerprint density at radius 3 is 2.53 bits per heavy atom. The lowest BCUT2D eigenvalue weighted by Crippen LogP contribution is -2.49. The lowest BCUT2D eigenvalue weighted by Gasteiger charge is -2.17. The van der Waals surface area contributed by atoms with Crippen molar-refractivity contribution in [1.82, 2.24) is 26.3 Å². The van der Waals surface area contributed by atoms with Crippen molar-refractivity contribution in [2.75, 3.05) is 6.54 Å². The predicted molar refractivity (Wildman–Crippen MR) is 117 cm³/mol. The van der Waals surface area contributed by atoms with Crippen LogP contribution in [0.4, 0.5) is 4.79 Å². The van der Waals surface area contributed by atoms with Gasteiger partial charge in [0.2, 0.25) is 11.8 Å². The van der Waals surface area contributed by atoms with Crippen molar-refractivity contribution in [3.8, 4) is 0 Å². The Kier molecular flexibility index (Phi) is 7.50. The Balaban J connectivity index is 1.44. The number of hydrogen-bond donors (Lipinski definition) is 6. The van der Waals surface area contributed by atoms with Crippen LogP contribution >= 0.6 is 0 Å². The molecule has 2 heterocycles. The molecule has 1 aromatic heterocycles. The van der Waals surface area contributed by atoms with Gasteiger partial charge in [-0.25, -0.2) is 4.79 Å². The van der Waals surface area contributed by atoms with Crippen LogP contribution in [0.25, 0.3) is 0 Å². The Bertz CT molecular complexity index is 980. The normalized spacial score (nSPS) is 18.4. The molecular formula is C22H26N6O4. The minimum absolute atomic E-state index is 0.210. The molecule has 0 bridgehead atoms. The summed E-state index contributed by atoms with van der Waals surface area (Å²) in [6.45, 7) is 2.56. The van der Waals surface area contributed by atoms with E-state index in [1.807, 2.05) is 17.4 Å².